The molecule has 0 radical (unpaired) electrons. The number of ether oxygens (including phenoxy) is 3. The summed E-state index contributed by atoms with van der Waals surface area (Å²) in [7, 11) is 1.58. The zero-order chi connectivity index (χ0) is 22.0. The van der Waals surface area contributed by atoms with E-state index in [1.54, 1.807) is 25.3 Å². The first-order valence-electron chi connectivity index (χ1n) is 9.91. The lowest BCUT2D eigenvalue weighted by molar-refractivity contribution is -0.116. The van der Waals surface area contributed by atoms with Gasteiger partial charge in [0.2, 0.25) is 5.88 Å². The number of ketones is 1. The van der Waals surface area contributed by atoms with E-state index in [-0.39, 0.29) is 23.8 Å². The number of carbonyl (C=O) groups is 1. The number of rotatable bonds is 5. The van der Waals surface area contributed by atoms with E-state index < -0.39 is 5.92 Å². The third-order valence-corrected chi connectivity index (χ3v) is 5.77. The van der Waals surface area contributed by atoms with Crippen molar-refractivity contribution in [2.24, 2.45) is 5.73 Å². The highest BCUT2D eigenvalue weighted by atomic mass is 35.5. The van der Waals surface area contributed by atoms with Crippen molar-refractivity contribution >= 4 is 17.4 Å². The van der Waals surface area contributed by atoms with Crippen LogP contribution in [0.5, 0.6) is 11.5 Å². The van der Waals surface area contributed by atoms with Crippen molar-refractivity contribution in [1.29, 1.82) is 5.26 Å². The summed E-state index contributed by atoms with van der Waals surface area (Å²) in [6, 6.07) is 14.9. The molecule has 0 spiro atoms. The first-order chi connectivity index (χ1) is 15.0. The molecule has 0 saturated carbocycles. The number of benzene rings is 2. The lowest BCUT2D eigenvalue weighted by Gasteiger charge is -2.31. The Morgan fingerprint density at radius 1 is 1.23 bits per heavy atom. The molecule has 31 heavy (non-hydrogen) atoms. The molecule has 0 aromatic heterocycles. The number of hydrogen-bond acceptors (Lipinski definition) is 6. The molecule has 1 atom stereocenters. The van der Waals surface area contributed by atoms with Gasteiger partial charge in [0.15, 0.2) is 5.78 Å². The molecule has 1 aliphatic carbocycles. The van der Waals surface area contributed by atoms with Gasteiger partial charge in [-0.1, -0.05) is 29.8 Å². The molecule has 0 unspecified atom stereocenters. The molecular formula is C24H21ClN2O4. The van der Waals surface area contributed by atoms with E-state index in [9.17, 15) is 10.1 Å². The number of para-hydroxylation sites is 1. The van der Waals surface area contributed by atoms with Crippen LogP contribution in [-0.4, -0.2) is 12.9 Å². The lowest BCUT2D eigenvalue weighted by Crippen LogP contribution is -2.27. The summed E-state index contributed by atoms with van der Waals surface area (Å²) in [4.78, 5) is 12.8. The van der Waals surface area contributed by atoms with E-state index in [4.69, 9.17) is 31.5 Å². The van der Waals surface area contributed by atoms with Crippen molar-refractivity contribution in [2.45, 2.75) is 31.8 Å². The van der Waals surface area contributed by atoms with E-state index in [1.807, 2.05) is 24.3 Å². The van der Waals surface area contributed by atoms with Crippen molar-refractivity contribution in [3.8, 4) is 17.6 Å². The molecule has 2 N–H and O–H groups in total. The van der Waals surface area contributed by atoms with Gasteiger partial charge in [-0.15, -0.1) is 0 Å². The van der Waals surface area contributed by atoms with E-state index in [1.165, 1.54) is 0 Å². The smallest absolute Gasteiger partial charge is 0.205 e. The predicted octanol–water partition coefficient (Wildman–Crippen LogP) is 4.74. The van der Waals surface area contributed by atoms with E-state index in [0.29, 0.717) is 47.1 Å². The van der Waals surface area contributed by atoms with Gasteiger partial charge in [0, 0.05) is 24.0 Å². The average Bonchev–Trinajstić information content (AvgIpc) is 2.77. The van der Waals surface area contributed by atoms with Crippen LogP contribution in [0.1, 0.15) is 36.3 Å². The van der Waals surface area contributed by atoms with Crippen LogP contribution in [0, 0.1) is 11.3 Å². The molecule has 2 aromatic rings. The number of Topliss-reactive ketones (excluding diaryl/α,β-unsaturated/α-hetero) is 1. The van der Waals surface area contributed by atoms with Gasteiger partial charge < -0.3 is 19.9 Å². The predicted molar refractivity (Wildman–Crippen MR) is 115 cm³/mol. The maximum Gasteiger partial charge on any atom is 0.205 e. The largest absolute Gasteiger partial charge is 0.496 e. The number of carbonyl (C=O) groups excluding carboxylic acids is 1. The van der Waals surface area contributed by atoms with E-state index in [0.717, 1.165) is 11.1 Å². The number of halogens is 1. The fraction of sp³-hybridized carbons (Fsp3) is 0.250. The molecular weight excluding hydrogens is 416 g/mol. The van der Waals surface area contributed by atoms with Crippen LogP contribution in [-0.2, 0) is 16.1 Å². The van der Waals surface area contributed by atoms with Crippen LogP contribution in [0.2, 0.25) is 5.02 Å². The highest BCUT2D eigenvalue weighted by molar-refractivity contribution is 6.32. The van der Waals surface area contributed by atoms with Gasteiger partial charge in [-0.3, -0.25) is 4.79 Å². The standard InChI is InChI=1S/C24H21ClN2O4/c1-29-19-10-9-14(11-15(19)13-30-20-7-3-2-5-17(20)25)22-16(12-26)24(27)31-21-8-4-6-18(28)23(21)22/h2-3,5,7,9-11,22H,4,6,8,13,27H2,1H3/t22-/m0/s1. The van der Waals surface area contributed by atoms with Crippen molar-refractivity contribution in [1.82, 2.24) is 0 Å². The van der Waals surface area contributed by atoms with Gasteiger partial charge in [0.05, 0.1) is 18.1 Å². The van der Waals surface area contributed by atoms with Crippen LogP contribution in [0.4, 0.5) is 0 Å². The minimum atomic E-state index is -0.577. The average molecular weight is 437 g/mol. The van der Waals surface area contributed by atoms with Crippen molar-refractivity contribution in [2.75, 3.05) is 7.11 Å². The van der Waals surface area contributed by atoms with Gasteiger partial charge in [0.25, 0.3) is 0 Å². The summed E-state index contributed by atoms with van der Waals surface area (Å²) >= 11 is 6.19. The molecule has 7 heteroatoms. The molecule has 1 heterocycles. The molecule has 0 fully saturated rings. The van der Waals surface area contributed by atoms with Gasteiger partial charge in [-0.05, 0) is 36.2 Å². The molecule has 2 aromatic carbocycles. The second-order valence-corrected chi connectivity index (χ2v) is 7.74. The number of nitriles is 1. The minimum Gasteiger partial charge on any atom is -0.496 e. The van der Waals surface area contributed by atoms with Crippen molar-refractivity contribution in [3.63, 3.8) is 0 Å². The summed E-state index contributed by atoms with van der Waals surface area (Å²) in [6.07, 6.45) is 1.75. The Morgan fingerprint density at radius 2 is 2.03 bits per heavy atom. The second-order valence-electron chi connectivity index (χ2n) is 7.33. The first kappa shape index (κ1) is 20.8. The van der Waals surface area contributed by atoms with Crippen LogP contribution in [0.25, 0.3) is 0 Å². The Kier molecular flexibility index (Phi) is 5.88. The Labute approximate surface area is 185 Å². The van der Waals surface area contributed by atoms with Gasteiger partial charge in [-0.25, -0.2) is 0 Å². The van der Waals surface area contributed by atoms with Gasteiger partial charge >= 0.3 is 0 Å². The first-order valence-corrected chi connectivity index (χ1v) is 10.3. The molecule has 2 aliphatic rings. The number of nitrogens with zero attached hydrogens (tertiary/aromatic N) is 1. The molecule has 4 rings (SSSR count). The van der Waals surface area contributed by atoms with Gasteiger partial charge in [-0.2, -0.15) is 5.26 Å². The topological polar surface area (TPSA) is 94.6 Å². The summed E-state index contributed by atoms with van der Waals surface area (Å²) in [5.41, 5.74) is 8.30. The van der Waals surface area contributed by atoms with Crippen molar-refractivity contribution in [3.05, 3.63) is 81.4 Å². The van der Waals surface area contributed by atoms with E-state index >= 15 is 0 Å². The van der Waals surface area contributed by atoms with Gasteiger partial charge in [0.1, 0.15) is 35.5 Å². The Bertz CT molecular complexity index is 1150. The maximum atomic E-state index is 12.8. The highest BCUT2D eigenvalue weighted by Crippen LogP contribution is 2.44. The minimum absolute atomic E-state index is 0.0174. The third-order valence-electron chi connectivity index (χ3n) is 5.46. The normalized spacial score (nSPS) is 18.2. The summed E-state index contributed by atoms with van der Waals surface area (Å²) in [5.74, 6) is 1.19. The van der Waals surface area contributed by atoms with E-state index in [2.05, 4.69) is 6.07 Å². The molecule has 0 amide bonds. The highest BCUT2D eigenvalue weighted by Gasteiger charge is 2.38. The van der Waals surface area contributed by atoms with Crippen LogP contribution < -0.4 is 15.2 Å². The van der Waals surface area contributed by atoms with Crippen LogP contribution >= 0.6 is 11.6 Å². The number of hydrogen-bond donors (Lipinski definition) is 1. The Hall–Kier alpha value is -3.43. The third kappa shape index (κ3) is 3.97. The number of methoxy groups -OCH3 is 1. The summed E-state index contributed by atoms with van der Waals surface area (Å²) in [5, 5.41) is 10.3. The number of allylic oxidation sites excluding steroid dienone is 3. The molecule has 158 valence electrons. The monoisotopic (exact) mass is 436 g/mol. The zero-order valence-electron chi connectivity index (χ0n) is 17.0. The fourth-order valence-corrected chi connectivity index (χ4v) is 4.19. The Balaban J connectivity index is 1.74. The van der Waals surface area contributed by atoms with Crippen LogP contribution in [0.3, 0.4) is 0 Å². The van der Waals surface area contributed by atoms with Crippen molar-refractivity contribution < 1.29 is 19.0 Å². The SMILES string of the molecule is COc1ccc([C@H]2C(C#N)=C(N)OC3=C2C(=O)CCC3)cc1COc1ccccc1Cl. The maximum absolute atomic E-state index is 12.8. The molecule has 0 bridgehead atoms. The molecule has 0 saturated heterocycles. The lowest BCUT2D eigenvalue weighted by atomic mass is 9.77. The number of nitrogens with two attached hydrogens (primary N) is 1. The quantitative estimate of drug-likeness (QED) is 0.727. The fourth-order valence-electron chi connectivity index (χ4n) is 4.00. The summed E-state index contributed by atoms with van der Waals surface area (Å²) in [6.45, 7) is 0.199. The van der Waals surface area contributed by atoms with Crippen LogP contribution in [0.15, 0.2) is 65.3 Å². The molecule has 1 aliphatic heterocycles. The summed E-state index contributed by atoms with van der Waals surface area (Å²) < 4.78 is 17.0. The molecule has 6 nitrogen and oxygen atoms in total. The zero-order valence-corrected chi connectivity index (χ0v) is 17.7. The Morgan fingerprint density at radius 3 is 2.77 bits per heavy atom. The second kappa shape index (κ2) is 8.75.